The number of guanidine groups is 1. The van der Waals surface area contributed by atoms with E-state index in [4.69, 9.17) is 9.47 Å². The van der Waals surface area contributed by atoms with Gasteiger partial charge in [0.2, 0.25) is 0 Å². The maximum absolute atomic E-state index is 5.77. The van der Waals surface area contributed by atoms with Crippen LogP contribution >= 0.6 is 24.0 Å². The van der Waals surface area contributed by atoms with Crippen molar-refractivity contribution in [3.63, 3.8) is 0 Å². The van der Waals surface area contributed by atoms with E-state index in [2.05, 4.69) is 47.7 Å². The monoisotopic (exact) mass is 433 g/mol. The van der Waals surface area contributed by atoms with Gasteiger partial charge >= 0.3 is 0 Å². The Kier molecular flexibility index (Phi) is 9.31. The molecule has 0 bridgehead atoms. The van der Waals surface area contributed by atoms with Crippen LogP contribution in [0.2, 0.25) is 0 Å². The van der Waals surface area contributed by atoms with Crippen molar-refractivity contribution in [2.75, 3.05) is 33.4 Å². The van der Waals surface area contributed by atoms with Gasteiger partial charge in [-0.15, -0.1) is 24.0 Å². The highest BCUT2D eigenvalue weighted by atomic mass is 127. The summed E-state index contributed by atoms with van der Waals surface area (Å²) in [6.45, 7) is 7.14. The van der Waals surface area contributed by atoms with Crippen molar-refractivity contribution in [1.82, 2.24) is 10.6 Å². The van der Waals surface area contributed by atoms with Gasteiger partial charge in [-0.05, 0) is 49.9 Å². The van der Waals surface area contributed by atoms with Crippen LogP contribution in [0.15, 0.2) is 23.2 Å². The lowest BCUT2D eigenvalue weighted by atomic mass is 10.1. The number of benzene rings is 1. The van der Waals surface area contributed by atoms with Crippen LogP contribution in [0.5, 0.6) is 5.75 Å². The number of hydrogen-bond donors (Lipinski definition) is 2. The molecular formula is C17H28IN3O2. The number of nitrogens with one attached hydrogen (secondary N) is 2. The first-order chi connectivity index (χ1) is 10.7. The molecule has 0 aliphatic carbocycles. The smallest absolute Gasteiger partial charge is 0.191 e. The molecule has 0 saturated carbocycles. The fraction of sp³-hybridized carbons (Fsp3) is 0.588. The maximum Gasteiger partial charge on any atom is 0.191 e. The summed E-state index contributed by atoms with van der Waals surface area (Å²) < 4.78 is 11.4. The van der Waals surface area contributed by atoms with Crippen LogP contribution in [-0.4, -0.2) is 45.4 Å². The lowest BCUT2D eigenvalue weighted by Crippen LogP contribution is -2.42. The predicted octanol–water partition coefficient (Wildman–Crippen LogP) is 2.64. The topological polar surface area (TPSA) is 54.9 Å². The molecule has 1 fully saturated rings. The zero-order valence-corrected chi connectivity index (χ0v) is 16.6. The predicted molar refractivity (Wildman–Crippen MR) is 105 cm³/mol. The van der Waals surface area contributed by atoms with E-state index in [-0.39, 0.29) is 24.0 Å². The molecule has 130 valence electrons. The molecule has 0 amide bonds. The standard InChI is InChI=1S/C17H27N3O2.HI/c1-13-9-14(2)11-16(10-13)22-8-6-19-17(18-3)20-12-15-5-4-7-21-15;/h9-11,15H,4-8,12H2,1-3H3,(H2,18,19,20);1H. The Balaban J connectivity index is 0.00000264. The summed E-state index contributed by atoms with van der Waals surface area (Å²) in [6, 6.07) is 6.25. The number of rotatable bonds is 6. The van der Waals surface area contributed by atoms with E-state index in [1.807, 2.05) is 0 Å². The van der Waals surface area contributed by atoms with Gasteiger partial charge in [0.1, 0.15) is 12.4 Å². The molecule has 5 nitrogen and oxygen atoms in total. The van der Waals surface area contributed by atoms with Gasteiger partial charge in [0, 0.05) is 20.2 Å². The molecule has 23 heavy (non-hydrogen) atoms. The van der Waals surface area contributed by atoms with Crippen LogP contribution in [0.3, 0.4) is 0 Å². The summed E-state index contributed by atoms with van der Waals surface area (Å²) in [6.07, 6.45) is 2.59. The minimum atomic E-state index is 0. The lowest BCUT2D eigenvalue weighted by Gasteiger charge is -2.15. The van der Waals surface area contributed by atoms with E-state index in [9.17, 15) is 0 Å². The van der Waals surface area contributed by atoms with E-state index < -0.39 is 0 Å². The second-order valence-electron chi connectivity index (χ2n) is 5.69. The summed E-state index contributed by atoms with van der Waals surface area (Å²) in [5.41, 5.74) is 2.44. The van der Waals surface area contributed by atoms with E-state index in [1.165, 1.54) is 11.1 Å². The van der Waals surface area contributed by atoms with Crippen molar-refractivity contribution in [2.24, 2.45) is 4.99 Å². The summed E-state index contributed by atoms with van der Waals surface area (Å²) in [5.74, 6) is 1.71. The molecule has 6 heteroatoms. The lowest BCUT2D eigenvalue weighted by molar-refractivity contribution is 0.114. The number of aryl methyl sites for hydroxylation is 2. The van der Waals surface area contributed by atoms with E-state index >= 15 is 0 Å². The molecule has 0 aromatic heterocycles. The zero-order chi connectivity index (χ0) is 15.8. The minimum Gasteiger partial charge on any atom is -0.492 e. The van der Waals surface area contributed by atoms with Crippen molar-refractivity contribution in [2.45, 2.75) is 32.8 Å². The quantitative estimate of drug-likeness (QED) is 0.314. The van der Waals surface area contributed by atoms with Crippen molar-refractivity contribution in [3.8, 4) is 5.75 Å². The van der Waals surface area contributed by atoms with Gasteiger partial charge in [-0.2, -0.15) is 0 Å². The molecule has 1 aliphatic rings. The highest BCUT2D eigenvalue weighted by Crippen LogP contribution is 2.15. The summed E-state index contributed by atoms with van der Waals surface area (Å²) in [5, 5.41) is 6.54. The van der Waals surface area contributed by atoms with Crippen molar-refractivity contribution >= 4 is 29.9 Å². The van der Waals surface area contributed by atoms with Gasteiger partial charge in [0.15, 0.2) is 5.96 Å². The van der Waals surface area contributed by atoms with E-state index in [1.54, 1.807) is 7.05 Å². The molecule has 1 aliphatic heterocycles. The Morgan fingerprint density at radius 1 is 1.26 bits per heavy atom. The molecule has 0 radical (unpaired) electrons. The summed E-state index contributed by atoms with van der Waals surface area (Å²) in [7, 11) is 1.77. The normalized spacial score (nSPS) is 17.5. The van der Waals surface area contributed by atoms with Crippen LogP contribution in [0.1, 0.15) is 24.0 Å². The SMILES string of the molecule is CN=C(NCCOc1cc(C)cc(C)c1)NCC1CCCO1.I. The van der Waals surface area contributed by atoms with Crippen molar-refractivity contribution < 1.29 is 9.47 Å². The molecular weight excluding hydrogens is 405 g/mol. The second kappa shape index (κ2) is 10.7. The molecule has 1 aromatic rings. The number of aliphatic imine (C=N–C) groups is 1. The fourth-order valence-corrected chi connectivity index (χ4v) is 2.59. The van der Waals surface area contributed by atoms with Crippen LogP contribution < -0.4 is 15.4 Å². The average molecular weight is 433 g/mol. The molecule has 2 N–H and O–H groups in total. The third kappa shape index (κ3) is 7.39. The molecule has 1 atom stereocenters. The van der Waals surface area contributed by atoms with Crippen LogP contribution in [0.4, 0.5) is 0 Å². The van der Waals surface area contributed by atoms with Crippen LogP contribution in [0, 0.1) is 13.8 Å². The number of nitrogens with zero attached hydrogens (tertiary/aromatic N) is 1. The summed E-state index contributed by atoms with van der Waals surface area (Å²) in [4.78, 5) is 4.21. The van der Waals surface area contributed by atoms with Crippen LogP contribution in [0.25, 0.3) is 0 Å². The van der Waals surface area contributed by atoms with Gasteiger partial charge in [0.25, 0.3) is 0 Å². The third-order valence-corrected chi connectivity index (χ3v) is 3.60. The molecule has 2 rings (SSSR count). The summed E-state index contributed by atoms with van der Waals surface area (Å²) >= 11 is 0. The first-order valence-electron chi connectivity index (χ1n) is 7.94. The Labute approximate surface area is 156 Å². The third-order valence-electron chi connectivity index (χ3n) is 3.60. The van der Waals surface area contributed by atoms with Gasteiger partial charge in [-0.1, -0.05) is 6.07 Å². The van der Waals surface area contributed by atoms with Crippen LogP contribution in [-0.2, 0) is 4.74 Å². The Morgan fingerprint density at radius 3 is 2.61 bits per heavy atom. The highest BCUT2D eigenvalue weighted by Gasteiger charge is 2.15. The fourth-order valence-electron chi connectivity index (χ4n) is 2.59. The molecule has 1 saturated heterocycles. The zero-order valence-electron chi connectivity index (χ0n) is 14.2. The first-order valence-corrected chi connectivity index (χ1v) is 7.94. The molecule has 1 heterocycles. The molecule has 1 aromatic carbocycles. The Bertz CT molecular complexity index is 482. The van der Waals surface area contributed by atoms with E-state index in [0.29, 0.717) is 19.3 Å². The van der Waals surface area contributed by atoms with Crippen molar-refractivity contribution in [1.29, 1.82) is 0 Å². The van der Waals surface area contributed by atoms with Gasteiger partial charge in [-0.25, -0.2) is 0 Å². The molecule has 1 unspecified atom stereocenters. The maximum atomic E-state index is 5.77. The van der Waals surface area contributed by atoms with Gasteiger partial charge in [-0.3, -0.25) is 4.99 Å². The number of ether oxygens (including phenoxy) is 2. The van der Waals surface area contributed by atoms with Crippen molar-refractivity contribution in [3.05, 3.63) is 29.3 Å². The molecule has 0 spiro atoms. The largest absolute Gasteiger partial charge is 0.492 e. The Morgan fingerprint density at radius 2 is 2.00 bits per heavy atom. The van der Waals surface area contributed by atoms with Gasteiger partial charge < -0.3 is 20.1 Å². The first kappa shape index (κ1) is 20.0. The minimum absolute atomic E-state index is 0. The Hall–Kier alpha value is -1.02. The van der Waals surface area contributed by atoms with E-state index in [0.717, 1.165) is 37.7 Å². The average Bonchev–Trinajstić information content (AvgIpc) is 2.99. The second-order valence-corrected chi connectivity index (χ2v) is 5.69. The van der Waals surface area contributed by atoms with Gasteiger partial charge in [0.05, 0.1) is 12.6 Å². The number of halogens is 1. The highest BCUT2D eigenvalue weighted by molar-refractivity contribution is 14.0. The number of hydrogen-bond acceptors (Lipinski definition) is 3.